The van der Waals surface area contributed by atoms with Gasteiger partial charge in [0.15, 0.2) is 0 Å². The van der Waals surface area contributed by atoms with Crippen LogP contribution in [-0.4, -0.2) is 82.7 Å². The highest BCUT2D eigenvalue weighted by atomic mass is 19.1. The molecule has 2 aliphatic rings. The summed E-state index contributed by atoms with van der Waals surface area (Å²) < 4.78 is 37.0. The predicted molar refractivity (Wildman–Crippen MR) is 143 cm³/mol. The molecule has 0 bridgehead atoms. The van der Waals surface area contributed by atoms with Gasteiger partial charge in [0.25, 0.3) is 5.91 Å². The van der Waals surface area contributed by atoms with Gasteiger partial charge in [0.2, 0.25) is 5.95 Å². The minimum absolute atomic E-state index is 0.223. The van der Waals surface area contributed by atoms with Crippen LogP contribution < -0.4 is 10.6 Å². The molecule has 39 heavy (non-hydrogen) atoms. The summed E-state index contributed by atoms with van der Waals surface area (Å²) in [5, 5.41) is 7.28. The number of anilines is 2. The lowest BCUT2D eigenvalue weighted by molar-refractivity contribution is 0.0296. The summed E-state index contributed by atoms with van der Waals surface area (Å²) >= 11 is 0. The molecule has 202 valence electrons. The molecule has 2 N–H and O–H groups in total. The zero-order valence-electron chi connectivity index (χ0n) is 21.4. The first kappa shape index (κ1) is 25.4. The van der Waals surface area contributed by atoms with Crippen LogP contribution in [0.5, 0.6) is 0 Å². The van der Waals surface area contributed by atoms with Crippen molar-refractivity contribution in [2.24, 2.45) is 0 Å². The fourth-order valence-corrected chi connectivity index (χ4v) is 4.96. The Kier molecular flexibility index (Phi) is 7.18. The van der Waals surface area contributed by atoms with Gasteiger partial charge in [-0.15, -0.1) is 0 Å². The van der Waals surface area contributed by atoms with Gasteiger partial charge in [-0.2, -0.15) is 4.98 Å². The van der Waals surface area contributed by atoms with Crippen LogP contribution in [0.3, 0.4) is 0 Å². The maximum atomic E-state index is 15.1. The number of halogens is 2. The number of amides is 1. The van der Waals surface area contributed by atoms with Crippen LogP contribution in [0, 0.1) is 11.6 Å². The Morgan fingerprint density at radius 3 is 2.44 bits per heavy atom. The molecule has 4 heterocycles. The van der Waals surface area contributed by atoms with Crippen molar-refractivity contribution >= 4 is 28.6 Å². The van der Waals surface area contributed by atoms with E-state index in [0.717, 1.165) is 50.5 Å². The number of hydrogen-bond acceptors (Lipinski definition) is 7. The second-order valence-corrected chi connectivity index (χ2v) is 9.70. The van der Waals surface area contributed by atoms with Crippen molar-refractivity contribution in [2.75, 3.05) is 57.8 Å². The first-order valence-electron chi connectivity index (χ1n) is 13.0. The molecule has 2 fully saturated rings. The number of fused-ring (bicyclic) bond motifs is 1. The number of benzene rings is 2. The number of nitrogens with zero attached hydrogens (tertiary/aromatic N) is 5. The van der Waals surface area contributed by atoms with Crippen molar-refractivity contribution < 1.29 is 18.3 Å². The number of hydrogen-bond donors (Lipinski definition) is 2. The number of morpholine rings is 1. The molecule has 0 aliphatic carbocycles. The van der Waals surface area contributed by atoms with Gasteiger partial charge in [-0.1, -0.05) is 12.1 Å². The summed E-state index contributed by atoms with van der Waals surface area (Å²) in [4.78, 5) is 25.6. The summed E-state index contributed by atoms with van der Waals surface area (Å²) in [6.45, 7) is 6.29. The second kappa shape index (κ2) is 11.0. The summed E-state index contributed by atoms with van der Waals surface area (Å²) in [5.74, 6) is -2.16. The molecule has 0 unspecified atom stereocenters. The molecule has 11 heteroatoms. The van der Waals surface area contributed by atoms with E-state index < -0.39 is 23.1 Å². The fourth-order valence-electron chi connectivity index (χ4n) is 4.96. The van der Waals surface area contributed by atoms with Crippen molar-refractivity contribution in [3.8, 4) is 5.69 Å². The quantitative estimate of drug-likeness (QED) is 0.393. The van der Waals surface area contributed by atoms with Crippen molar-refractivity contribution in [3.05, 3.63) is 77.6 Å². The van der Waals surface area contributed by atoms with Gasteiger partial charge in [-0.3, -0.25) is 9.69 Å². The van der Waals surface area contributed by atoms with E-state index in [4.69, 9.17) is 4.74 Å². The van der Waals surface area contributed by atoms with E-state index >= 15 is 8.78 Å². The maximum absolute atomic E-state index is 15.1. The minimum Gasteiger partial charge on any atom is -0.378 e. The summed E-state index contributed by atoms with van der Waals surface area (Å²) in [6.07, 6.45) is 3.33. The van der Waals surface area contributed by atoms with Crippen molar-refractivity contribution in [1.82, 2.24) is 29.7 Å². The van der Waals surface area contributed by atoms with E-state index in [1.165, 1.54) is 10.5 Å². The molecule has 1 amide bonds. The fraction of sp³-hybridized carbons (Fsp3) is 0.321. The number of carbonyl (C=O) groups excluding carboxylic acids is 1. The Morgan fingerprint density at radius 1 is 1.00 bits per heavy atom. The van der Waals surface area contributed by atoms with Crippen LogP contribution >= 0.6 is 0 Å². The summed E-state index contributed by atoms with van der Waals surface area (Å²) in [6, 6.07) is 12.2. The maximum Gasteiger partial charge on any atom is 0.259 e. The molecule has 2 aromatic heterocycles. The van der Waals surface area contributed by atoms with Gasteiger partial charge in [0.05, 0.1) is 18.9 Å². The van der Waals surface area contributed by atoms with Gasteiger partial charge in [0.1, 0.15) is 22.8 Å². The lowest BCUT2D eigenvalue weighted by Crippen LogP contribution is -2.42. The zero-order chi connectivity index (χ0) is 26.8. The molecular formula is C28H29F2N7O2. The Morgan fingerprint density at radius 2 is 1.72 bits per heavy atom. The lowest BCUT2D eigenvalue weighted by Gasteiger charge is -2.27. The van der Waals surface area contributed by atoms with E-state index in [0.29, 0.717) is 43.3 Å². The highest BCUT2D eigenvalue weighted by Crippen LogP contribution is 2.25. The van der Waals surface area contributed by atoms with Gasteiger partial charge < -0.3 is 24.8 Å². The largest absolute Gasteiger partial charge is 0.378 e. The number of aromatic nitrogens is 3. The summed E-state index contributed by atoms with van der Waals surface area (Å²) in [7, 11) is 0. The molecule has 2 saturated heterocycles. The van der Waals surface area contributed by atoms with Crippen LogP contribution in [0.1, 0.15) is 15.9 Å². The zero-order valence-corrected chi connectivity index (χ0v) is 21.4. The third kappa shape index (κ3) is 5.47. The Hall–Kier alpha value is -3.93. The normalized spacial score (nSPS) is 16.5. The van der Waals surface area contributed by atoms with Gasteiger partial charge in [0, 0.05) is 69.3 Å². The van der Waals surface area contributed by atoms with Crippen LogP contribution in [0.25, 0.3) is 16.7 Å². The topological polar surface area (TPSA) is 87.6 Å². The van der Waals surface area contributed by atoms with E-state index in [1.807, 2.05) is 12.1 Å². The van der Waals surface area contributed by atoms with E-state index in [-0.39, 0.29) is 5.69 Å². The summed E-state index contributed by atoms with van der Waals surface area (Å²) in [5.41, 5.74) is 2.20. The molecule has 6 rings (SSSR count). The highest BCUT2D eigenvalue weighted by molar-refractivity contribution is 5.95. The number of piperazine rings is 1. The smallest absolute Gasteiger partial charge is 0.259 e. The van der Waals surface area contributed by atoms with Crippen LogP contribution in [0.4, 0.5) is 20.4 Å². The third-order valence-corrected chi connectivity index (χ3v) is 7.07. The Balaban J connectivity index is 1.21. The van der Waals surface area contributed by atoms with Gasteiger partial charge in [-0.05, 0) is 35.9 Å². The number of nitrogens with one attached hydrogen (secondary N) is 2. The Labute approximate surface area is 224 Å². The molecule has 9 nitrogen and oxygen atoms in total. The van der Waals surface area contributed by atoms with Crippen LogP contribution in [-0.2, 0) is 11.3 Å². The van der Waals surface area contributed by atoms with E-state index in [1.54, 1.807) is 23.0 Å². The monoisotopic (exact) mass is 533 g/mol. The number of carbonyl (C=O) groups is 1. The molecule has 0 spiro atoms. The SMILES string of the molecule is O=C(c1c(F)cc(-n2ccc3cnc(Nc4ccc(CN5CCNCC5)cc4)nc32)cc1F)N1CCOCC1. The third-order valence-electron chi connectivity index (χ3n) is 7.07. The highest BCUT2D eigenvalue weighted by Gasteiger charge is 2.26. The molecule has 2 aliphatic heterocycles. The van der Waals surface area contributed by atoms with Crippen LogP contribution in [0.15, 0.2) is 54.9 Å². The molecule has 4 aromatic rings. The first-order valence-corrected chi connectivity index (χ1v) is 13.0. The first-order chi connectivity index (χ1) is 19.0. The minimum atomic E-state index is -0.920. The average Bonchev–Trinajstić information content (AvgIpc) is 3.38. The molecule has 2 aromatic carbocycles. The second-order valence-electron chi connectivity index (χ2n) is 9.70. The van der Waals surface area contributed by atoms with E-state index in [9.17, 15) is 4.79 Å². The standard InChI is InChI=1S/C28H29F2N7O2/c29-23-15-22(16-24(30)25(23)27(38)36-11-13-39-14-12-36)37-8-5-20-17-32-28(34-26(20)37)33-21-3-1-19(2-4-21)18-35-9-6-31-7-10-35/h1-5,8,15-17,31H,6-7,9-14,18H2,(H,32,33,34). The lowest BCUT2D eigenvalue weighted by atomic mass is 10.1. The van der Waals surface area contributed by atoms with Crippen LogP contribution in [0.2, 0.25) is 0 Å². The van der Waals surface area contributed by atoms with Crippen molar-refractivity contribution in [1.29, 1.82) is 0 Å². The number of ether oxygens (including phenoxy) is 1. The average molecular weight is 534 g/mol. The van der Waals surface area contributed by atoms with Gasteiger partial charge in [-0.25, -0.2) is 13.8 Å². The van der Waals surface area contributed by atoms with Crippen molar-refractivity contribution in [2.45, 2.75) is 6.54 Å². The molecular weight excluding hydrogens is 504 g/mol. The molecule has 0 atom stereocenters. The van der Waals surface area contributed by atoms with Crippen molar-refractivity contribution in [3.63, 3.8) is 0 Å². The number of rotatable bonds is 6. The molecule has 0 saturated carbocycles. The predicted octanol–water partition coefficient (Wildman–Crippen LogP) is 3.32. The Bertz CT molecular complexity index is 1460. The van der Waals surface area contributed by atoms with Gasteiger partial charge >= 0.3 is 0 Å². The molecule has 0 radical (unpaired) electrons. The van der Waals surface area contributed by atoms with E-state index in [2.05, 4.69) is 37.6 Å².